The van der Waals surface area contributed by atoms with E-state index in [0.717, 1.165) is 5.56 Å². The molecule has 21 heavy (non-hydrogen) atoms. The topological polar surface area (TPSA) is 49.4 Å². The highest BCUT2D eigenvalue weighted by atomic mass is 32.2. The first-order chi connectivity index (χ1) is 9.95. The van der Waals surface area contributed by atoms with Gasteiger partial charge in [-0.15, -0.1) is 0 Å². The molecule has 2 aliphatic heterocycles. The number of sulfone groups is 1. The Kier molecular flexibility index (Phi) is 4.08. The van der Waals surface area contributed by atoms with Crippen molar-refractivity contribution in [1.82, 2.24) is 10.2 Å². The van der Waals surface area contributed by atoms with Crippen LogP contribution < -0.4 is 5.32 Å². The summed E-state index contributed by atoms with van der Waals surface area (Å²) in [6.07, 6.45) is 5.09. The minimum absolute atomic E-state index is 0.254. The molecule has 116 valence electrons. The summed E-state index contributed by atoms with van der Waals surface area (Å²) in [6, 6.07) is 8.79. The molecule has 2 heterocycles. The van der Waals surface area contributed by atoms with E-state index < -0.39 is 9.84 Å². The monoisotopic (exact) mass is 308 g/mol. The first-order valence-electron chi connectivity index (χ1n) is 7.75. The Hall–Kier alpha value is -0.910. The van der Waals surface area contributed by atoms with Crippen molar-refractivity contribution >= 4 is 9.84 Å². The fourth-order valence-corrected chi connectivity index (χ4v) is 4.33. The van der Waals surface area contributed by atoms with Crippen LogP contribution in [0.3, 0.4) is 0 Å². The summed E-state index contributed by atoms with van der Waals surface area (Å²) in [4.78, 5) is 2.98. The predicted octanol–water partition coefficient (Wildman–Crippen LogP) is 1.98. The summed E-state index contributed by atoms with van der Waals surface area (Å²) in [5.41, 5.74) is 1.15. The van der Waals surface area contributed by atoms with Crippen molar-refractivity contribution in [2.24, 2.45) is 0 Å². The molecule has 2 aliphatic rings. The van der Waals surface area contributed by atoms with Gasteiger partial charge >= 0.3 is 0 Å². The largest absolute Gasteiger partial charge is 0.306 e. The predicted molar refractivity (Wildman–Crippen MR) is 84.1 cm³/mol. The SMILES string of the molecule is CC(NC1CCN2CCCC12)c1ccc(S(C)(=O)=O)cc1. The van der Waals surface area contributed by atoms with Crippen molar-refractivity contribution in [3.63, 3.8) is 0 Å². The van der Waals surface area contributed by atoms with Gasteiger partial charge in [0.15, 0.2) is 9.84 Å². The number of fused-ring (bicyclic) bond motifs is 1. The molecule has 3 atom stereocenters. The maximum absolute atomic E-state index is 11.5. The molecule has 1 aromatic rings. The van der Waals surface area contributed by atoms with Crippen LogP contribution in [-0.2, 0) is 9.84 Å². The van der Waals surface area contributed by atoms with Crippen molar-refractivity contribution < 1.29 is 8.42 Å². The van der Waals surface area contributed by atoms with Crippen LogP contribution in [0, 0.1) is 0 Å². The van der Waals surface area contributed by atoms with Gasteiger partial charge in [0.2, 0.25) is 0 Å². The van der Waals surface area contributed by atoms with Crippen molar-refractivity contribution in [2.45, 2.75) is 49.2 Å². The lowest BCUT2D eigenvalue weighted by Crippen LogP contribution is -2.40. The van der Waals surface area contributed by atoms with Crippen molar-refractivity contribution in [2.75, 3.05) is 19.3 Å². The van der Waals surface area contributed by atoms with Gasteiger partial charge in [0.1, 0.15) is 0 Å². The lowest BCUT2D eigenvalue weighted by atomic mass is 10.0. The van der Waals surface area contributed by atoms with E-state index in [9.17, 15) is 8.42 Å². The molecule has 4 nitrogen and oxygen atoms in total. The first kappa shape index (κ1) is 15.0. The number of nitrogens with one attached hydrogen (secondary N) is 1. The molecule has 0 radical (unpaired) electrons. The maximum atomic E-state index is 11.5. The molecule has 0 aliphatic carbocycles. The van der Waals surface area contributed by atoms with Crippen LogP contribution in [0.2, 0.25) is 0 Å². The standard InChI is InChI=1S/C16H24N2O2S/c1-12(13-5-7-14(8-6-13)21(2,19)20)17-15-9-11-18-10-3-4-16(15)18/h5-8,12,15-17H,3-4,9-11H2,1-2H3. The molecule has 1 aromatic carbocycles. The van der Waals surface area contributed by atoms with Crippen molar-refractivity contribution in [3.8, 4) is 0 Å². The quantitative estimate of drug-likeness (QED) is 0.924. The summed E-state index contributed by atoms with van der Waals surface area (Å²) < 4.78 is 23.0. The van der Waals surface area contributed by atoms with Crippen LogP contribution in [0.1, 0.15) is 37.8 Å². The van der Waals surface area contributed by atoms with E-state index in [1.165, 1.54) is 38.6 Å². The van der Waals surface area contributed by atoms with Crippen LogP contribution in [0.15, 0.2) is 29.2 Å². The van der Waals surface area contributed by atoms with Gasteiger partial charge < -0.3 is 5.32 Å². The van der Waals surface area contributed by atoms with E-state index in [2.05, 4.69) is 17.1 Å². The smallest absolute Gasteiger partial charge is 0.175 e. The van der Waals surface area contributed by atoms with Gasteiger partial charge in [-0.05, 0) is 50.4 Å². The van der Waals surface area contributed by atoms with E-state index >= 15 is 0 Å². The van der Waals surface area contributed by atoms with Crippen molar-refractivity contribution in [1.29, 1.82) is 0 Å². The molecule has 3 rings (SSSR count). The van der Waals surface area contributed by atoms with Crippen LogP contribution in [-0.4, -0.2) is 44.7 Å². The average Bonchev–Trinajstić information content (AvgIpc) is 3.03. The molecule has 0 bridgehead atoms. The summed E-state index contributed by atoms with van der Waals surface area (Å²) in [7, 11) is -3.11. The third-order valence-electron chi connectivity index (χ3n) is 4.88. The van der Waals surface area contributed by atoms with E-state index in [1.54, 1.807) is 12.1 Å². The summed E-state index contributed by atoms with van der Waals surface area (Å²) in [5.74, 6) is 0. The third kappa shape index (κ3) is 3.15. The van der Waals surface area contributed by atoms with Gasteiger partial charge in [-0.25, -0.2) is 8.42 Å². The maximum Gasteiger partial charge on any atom is 0.175 e. The number of hydrogen-bond donors (Lipinski definition) is 1. The van der Waals surface area contributed by atoms with Gasteiger partial charge in [-0.3, -0.25) is 4.90 Å². The van der Waals surface area contributed by atoms with Gasteiger partial charge in [-0.2, -0.15) is 0 Å². The Bertz CT molecular complexity index is 597. The molecular weight excluding hydrogens is 284 g/mol. The Morgan fingerprint density at radius 2 is 1.90 bits per heavy atom. The highest BCUT2D eigenvalue weighted by molar-refractivity contribution is 7.90. The Morgan fingerprint density at radius 3 is 2.57 bits per heavy atom. The van der Waals surface area contributed by atoms with Gasteiger partial charge in [0.05, 0.1) is 4.90 Å². The Labute approximate surface area is 127 Å². The molecule has 0 spiro atoms. The zero-order valence-corrected chi connectivity index (χ0v) is 13.6. The highest BCUT2D eigenvalue weighted by Crippen LogP contribution is 2.29. The minimum Gasteiger partial charge on any atom is -0.306 e. The molecule has 0 aromatic heterocycles. The van der Waals surface area contributed by atoms with E-state index in [0.29, 0.717) is 17.0 Å². The second-order valence-electron chi connectivity index (χ2n) is 6.37. The summed E-state index contributed by atoms with van der Waals surface area (Å²) in [5, 5.41) is 3.73. The number of nitrogens with zero attached hydrogens (tertiary/aromatic N) is 1. The molecular formula is C16H24N2O2S. The molecule has 0 saturated carbocycles. The zero-order valence-electron chi connectivity index (χ0n) is 12.7. The van der Waals surface area contributed by atoms with Gasteiger partial charge in [0, 0.05) is 30.9 Å². The first-order valence-corrected chi connectivity index (χ1v) is 9.64. The lowest BCUT2D eigenvalue weighted by Gasteiger charge is -2.25. The fraction of sp³-hybridized carbons (Fsp3) is 0.625. The number of hydrogen-bond acceptors (Lipinski definition) is 4. The van der Waals surface area contributed by atoms with Crippen LogP contribution in [0.25, 0.3) is 0 Å². The second kappa shape index (κ2) is 5.71. The second-order valence-corrected chi connectivity index (χ2v) is 8.39. The van der Waals surface area contributed by atoms with Crippen LogP contribution in [0.4, 0.5) is 0 Å². The average molecular weight is 308 g/mol. The minimum atomic E-state index is -3.11. The molecule has 5 heteroatoms. The molecule has 3 unspecified atom stereocenters. The van der Waals surface area contributed by atoms with Crippen LogP contribution >= 0.6 is 0 Å². The number of benzene rings is 1. The number of rotatable bonds is 4. The lowest BCUT2D eigenvalue weighted by molar-refractivity contribution is 0.291. The normalized spacial score (nSPS) is 27.7. The molecule has 1 N–H and O–H groups in total. The van der Waals surface area contributed by atoms with E-state index in [4.69, 9.17) is 0 Å². The molecule has 0 amide bonds. The molecule has 2 saturated heterocycles. The Balaban J connectivity index is 1.67. The summed E-state index contributed by atoms with van der Waals surface area (Å²) >= 11 is 0. The van der Waals surface area contributed by atoms with Gasteiger partial charge in [-0.1, -0.05) is 12.1 Å². The summed E-state index contributed by atoms with van der Waals surface area (Å²) in [6.45, 7) is 4.62. The third-order valence-corrected chi connectivity index (χ3v) is 6.01. The van der Waals surface area contributed by atoms with Crippen LogP contribution in [0.5, 0.6) is 0 Å². The van der Waals surface area contributed by atoms with Crippen molar-refractivity contribution in [3.05, 3.63) is 29.8 Å². The van der Waals surface area contributed by atoms with E-state index in [1.807, 2.05) is 12.1 Å². The fourth-order valence-electron chi connectivity index (χ4n) is 3.70. The molecule has 2 fully saturated rings. The Morgan fingerprint density at radius 1 is 1.19 bits per heavy atom. The van der Waals surface area contributed by atoms with E-state index in [-0.39, 0.29) is 6.04 Å². The van der Waals surface area contributed by atoms with Gasteiger partial charge in [0.25, 0.3) is 0 Å². The highest BCUT2D eigenvalue weighted by Gasteiger charge is 2.37. The zero-order chi connectivity index (χ0) is 15.0.